The van der Waals surface area contributed by atoms with Gasteiger partial charge in [0.25, 0.3) is 5.91 Å². The fourth-order valence-electron chi connectivity index (χ4n) is 1.95. The fourth-order valence-corrected chi connectivity index (χ4v) is 2.14. The maximum absolute atomic E-state index is 12.1. The van der Waals surface area contributed by atoms with Crippen molar-refractivity contribution in [1.29, 1.82) is 0 Å². The van der Waals surface area contributed by atoms with E-state index in [1.807, 2.05) is 6.92 Å². The number of benzene rings is 1. The average molecular weight is 318 g/mol. The molecule has 0 aliphatic carbocycles. The molecule has 0 saturated heterocycles. The normalized spacial score (nSPS) is 10.6. The zero-order chi connectivity index (χ0) is 15.5. The third-order valence-electron chi connectivity index (χ3n) is 2.97. The van der Waals surface area contributed by atoms with Gasteiger partial charge < -0.3 is 4.42 Å². The van der Waals surface area contributed by atoms with Crippen molar-refractivity contribution < 1.29 is 9.21 Å². The summed E-state index contributed by atoms with van der Waals surface area (Å²) in [7, 11) is 0. The van der Waals surface area contributed by atoms with E-state index in [9.17, 15) is 4.79 Å². The third kappa shape index (κ3) is 2.84. The molecule has 8 heteroatoms. The third-order valence-corrected chi connectivity index (χ3v) is 3.20. The SMILES string of the molecule is CCn1nccc1C(=O)Nc1nnc(-c2cccc(Cl)c2)o1. The molecule has 0 aliphatic rings. The van der Waals surface area contributed by atoms with Crippen molar-refractivity contribution in [3.63, 3.8) is 0 Å². The molecule has 0 saturated carbocycles. The number of carbonyl (C=O) groups excluding carboxylic acids is 1. The fraction of sp³-hybridized carbons (Fsp3) is 0.143. The molecular formula is C14H12ClN5O2. The lowest BCUT2D eigenvalue weighted by Crippen LogP contribution is -2.17. The molecule has 2 heterocycles. The van der Waals surface area contributed by atoms with E-state index in [0.717, 1.165) is 0 Å². The Balaban J connectivity index is 1.79. The molecule has 3 rings (SSSR count). The first-order valence-corrected chi connectivity index (χ1v) is 6.98. The van der Waals surface area contributed by atoms with E-state index in [-0.39, 0.29) is 17.8 Å². The van der Waals surface area contributed by atoms with Gasteiger partial charge in [-0.3, -0.25) is 14.8 Å². The average Bonchev–Trinajstić information content (AvgIpc) is 3.15. The lowest BCUT2D eigenvalue weighted by atomic mass is 10.2. The highest BCUT2D eigenvalue weighted by atomic mass is 35.5. The zero-order valence-electron chi connectivity index (χ0n) is 11.7. The molecule has 3 aromatic rings. The van der Waals surface area contributed by atoms with Gasteiger partial charge in [-0.15, -0.1) is 5.10 Å². The molecule has 112 valence electrons. The molecule has 0 radical (unpaired) electrons. The van der Waals surface area contributed by atoms with Crippen molar-refractivity contribution in [1.82, 2.24) is 20.0 Å². The van der Waals surface area contributed by atoms with E-state index in [0.29, 0.717) is 22.8 Å². The zero-order valence-corrected chi connectivity index (χ0v) is 12.4. The Hall–Kier alpha value is -2.67. The van der Waals surface area contributed by atoms with Gasteiger partial charge in [0.05, 0.1) is 0 Å². The van der Waals surface area contributed by atoms with Crippen molar-refractivity contribution in [3.8, 4) is 11.5 Å². The molecule has 0 atom stereocenters. The van der Waals surface area contributed by atoms with Crippen molar-refractivity contribution in [2.45, 2.75) is 13.5 Å². The van der Waals surface area contributed by atoms with Gasteiger partial charge in [0.2, 0.25) is 5.89 Å². The topological polar surface area (TPSA) is 85.8 Å². The molecule has 22 heavy (non-hydrogen) atoms. The van der Waals surface area contributed by atoms with Crippen LogP contribution in [0.1, 0.15) is 17.4 Å². The summed E-state index contributed by atoms with van der Waals surface area (Å²) in [6.45, 7) is 2.49. The number of halogens is 1. The van der Waals surface area contributed by atoms with Crippen LogP contribution in [0, 0.1) is 0 Å². The molecule has 0 spiro atoms. The van der Waals surface area contributed by atoms with Gasteiger partial charge in [-0.2, -0.15) is 5.10 Å². The van der Waals surface area contributed by atoms with Gasteiger partial charge in [0.15, 0.2) is 0 Å². The Morgan fingerprint density at radius 1 is 1.36 bits per heavy atom. The molecular weight excluding hydrogens is 306 g/mol. The van der Waals surface area contributed by atoms with Crippen LogP contribution in [0.3, 0.4) is 0 Å². The van der Waals surface area contributed by atoms with Crippen LogP contribution in [0.2, 0.25) is 5.02 Å². The predicted octanol–water partition coefficient (Wildman–Crippen LogP) is 2.86. The largest absolute Gasteiger partial charge is 0.403 e. The number of nitrogens with zero attached hydrogens (tertiary/aromatic N) is 4. The molecule has 1 N–H and O–H groups in total. The lowest BCUT2D eigenvalue weighted by molar-refractivity contribution is 0.101. The number of aromatic nitrogens is 4. The highest BCUT2D eigenvalue weighted by molar-refractivity contribution is 6.30. The van der Waals surface area contributed by atoms with Crippen LogP contribution in [0.5, 0.6) is 0 Å². The Labute approximate surface area is 130 Å². The molecule has 1 aromatic carbocycles. The smallest absolute Gasteiger partial charge is 0.322 e. The highest BCUT2D eigenvalue weighted by Gasteiger charge is 2.15. The molecule has 0 bridgehead atoms. The van der Waals surface area contributed by atoms with Crippen molar-refractivity contribution in [2.24, 2.45) is 0 Å². The predicted molar refractivity (Wildman–Crippen MR) is 80.6 cm³/mol. The summed E-state index contributed by atoms with van der Waals surface area (Å²) in [5.41, 5.74) is 1.10. The summed E-state index contributed by atoms with van der Waals surface area (Å²) in [4.78, 5) is 12.1. The second-order valence-electron chi connectivity index (χ2n) is 4.41. The lowest BCUT2D eigenvalue weighted by Gasteiger charge is -2.02. The number of hydrogen-bond acceptors (Lipinski definition) is 5. The number of rotatable bonds is 4. The minimum atomic E-state index is -0.361. The number of anilines is 1. The summed E-state index contributed by atoms with van der Waals surface area (Å²) in [6, 6.07) is 8.65. The van der Waals surface area contributed by atoms with Crippen molar-refractivity contribution in [2.75, 3.05) is 5.32 Å². The molecule has 2 aromatic heterocycles. The van der Waals surface area contributed by atoms with E-state index < -0.39 is 0 Å². The minimum absolute atomic E-state index is 0.0174. The van der Waals surface area contributed by atoms with Gasteiger partial charge in [-0.05, 0) is 31.2 Å². The monoisotopic (exact) mass is 317 g/mol. The summed E-state index contributed by atoms with van der Waals surface area (Å²) >= 11 is 5.92. The molecule has 1 amide bonds. The number of nitrogens with one attached hydrogen (secondary N) is 1. The second-order valence-corrected chi connectivity index (χ2v) is 4.85. The quantitative estimate of drug-likeness (QED) is 0.799. The Morgan fingerprint density at radius 2 is 2.23 bits per heavy atom. The van der Waals surface area contributed by atoms with Crippen molar-refractivity contribution >= 4 is 23.5 Å². The van der Waals surface area contributed by atoms with Gasteiger partial charge in [0, 0.05) is 23.3 Å². The summed E-state index contributed by atoms with van der Waals surface area (Å²) in [5.74, 6) is -0.0811. The van der Waals surface area contributed by atoms with Gasteiger partial charge >= 0.3 is 6.01 Å². The maximum atomic E-state index is 12.1. The Kier molecular flexibility index (Phi) is 3.88. The van der Waals surface area contributed by atoms with Gasteiger partial charge in [-0.25, -0.2) is 0 Å². The van der Waals surface area contributed by atoms with Crippen LogP contribution in [0.4, 0.5) is 6.01 Å². The van der Waals surface area contributed by atoms with Crippen LogP contribution in [0.25, 0.3) is 11.5 Å². The van der Waals surface area contributed by atoms with E-state index in [2.05, 4.69) is 20.6 Å². The van der Waals surface area contributed by atoms with Crippen LogP contribution in [-0.2, 0) is 6.54 Å². The second kappa shape index (κ2) is 5.98. The number of amides is 1. The Morgan fingerprint density at radius 3 is 3.00 bits per heavy atom. The highest BCUT2D eigenvalue weighted by Crippen LogP contribution is 2.22. The van der Waals surface area contributed by atoms with Crippen LogP contribution >= 0.6 is 11.6 Å². The summed E-state index contributed by atoms with van der Waals surface area (Å²) in [5, 5.41) is 14.8. The standard InChI is InChI=1S/C14H12ClN5O2/c1-2-20-11(6-7-16-20)12(21)17-14-19-18-13(22-14)9-4-3-5-10(15)8-9/h3-8H,2H2,1H3,(H,17,19,21). The van der Waals surface area contributed by atoms with Crippen molar-refractivity contribution in [3.05, 3.63) is 47.2 Å². The summed E-state index contributed by atoms with van der Waals surface area (Å²) < 4.78 is 7.00. The van der Waals surface area contributed by atoms with E-state index in [1.165, 1.54) is 0 Å². The number of hydrogen-bond donors (Lipinski definition) is 1. The van der Waals surface area contributed by atoms with E-state index in [1.54, 1.807) is 41.2 Å². The maximum Gasteiger partial charge on any atom is 0.322 e. The van der Waals surface area contributed by atoms with E-state index >= 15 is 0 Å². The number of aryl methyl sites for hydroxylation is 1. The summed E-state index contributed by atoms with van der Waals surface area (Å²) in [6.07, 6.45) is 1.56. The first-order valence-electron chi connectivity index (χ1n) is 6.60. The molecule has 0 aliphatic heterocycles. The van der Waals surface area contributed by atoms with E-state index in [4.69, 9.17) is 16.0 Å². The van der Waals surface area contributed by atoms with Crippen LogP contribution in [0.15, 0.2) is 40.9 Å². The molecule has 0 fully saturated rings. The number of carbonyl (C=O) groups is 1. The van der Waals surface area contributed by atoms with Gasteiger partial charge in [0.1, 0.15) is 5.69 Å². The van der Waals surface area contributed by atoms with Crippen LogP contribution in [-0.4, -0.2) is 25.9 Å². The molecule has 7 nitrogen and oxygen atoms in total. The van der Waals surface area contributed by atoms with Gasteiger partial charge in [-0.1, -0.05) is 22.8 Å². The molecule has 0 unspecified atom stereocenters. The first kappa shape index (κ1) is 14.3. The van der Waals surface area contributed by atoms with Crippen LogP contribution < -0.4 is 5.32 Å². The first-order chi connectivity index (χ1) is 10.7. The minimum Gasteiger partial charge on any atom is -0.403 e. The Bertz CT molecular complexity index is 811.